The molecule has 1 aromatic carbocycles. The summed E-state index contributed by atoms with van der Waals surface area (Å²) in [6.07, 6.45) is -0.949. The second-order valence-corrected chi connectivity index (χ2v) is 4.46. The van der Waals surface area contributed by atoms with Crippen molar-refractivity contribution in [1.29, 1.82) is 0 Å². The molecular formula is C10H11BrClNO3. The van der Waals surface area contributed by atoms with Crippen molar-refractivity contribution in [3.8, 4) is 0 Å². The van der Waals surface area contributed by atoms with E-state index in [2.05, 4.69) is 21.2 Å². The van der Waals surface area contributed by atoms with Crippen LogP contribution in [0, 0.1) is 0 Å². The van der Waals surface area contributed by atoms with E-state index < -0.39 is 6.10 Å². The number of benzene rings is 1. The number of nitrogens with one attached hydrogen (secondary N) is 1. The molecule has 1 unspecified atom stereocenters. The number of carbonyl (C=O) groups excluding carboxylic acids is 1. The Kier molecular flexibility index (Phi) is 5.21. The Hall–Kier alpha value is -0.620. The van der Waals surface area contributed by atoms with Gasteiger partial charge in [-0.15, -0.1) is 0 Å². The molecule has 1 rings (SSSR count). The minimum Gasteiger partial charge on any atom is -0.394 e. The van der Waals surface area contributed by atoms with Gasteiger partial charge in [-0.1, -0.05) is 11.6 Å². The summed E-state index contributed by atoms with van der Waals surface area (Å²) in [5, 5.41) is 20.7. The minimum atomic E-state index is -0.949. The Morgan fingerprint density at radius 2 is 2.25 bits per heavy atom. The van der Waals surface area contributed by atoms with Crippen molar-refractivity contribution in [2.75, 3.05) is 13.2 Å². The van der Waals surface area contributed by atoms with Crippen LogP contribution in [0.3, 0.4) is 0 Å². The van der Waals surface area contributed by atoms with Gasteiger partial charge in [-0.3, -0.25) is 4.79 Å². The van der Waals surface area contributed by atoms with E-state index in [0.717, 1.165) is 0 Å². The summed E-state index contributed by atoms with van der Waals surface area (Å²) < 4.78 is 0.580. The summed E-state index contributed by atoms with van der Waals surface area (Å²) in [6, 6.07) is 4.79. The van der Waals surface area contributed by atoms with Crippen molar-refractivity contribution in [3.63, 3.8) is 0 Å². The van der Waals surface area contributed by atoms with Crippen molar-refractivity contribution >= 4 is 33.4 Å². The molecule has 0 aliphatic heterocycles. The maximum Gasteiger partial charge on any atom is 0.252 e. The van der Waals surface area contributed by atoms with E-state index in [-0.39, 0.29) is 19.1 Å². The SMILES string of the molecule is O=C(NCC(O)CO)c1ccc(Cl)cc1Br. The van der Waals surface area contributed by atoms with E-state index in [0.29, 0.717) is 15.1 Å². The molecule has 0 fully saturated rings. The molecule has 0 heterocycles. The van der Waals surface area contributed by atoms with Crippen LogP contribution >= 0.6 is 27.5 Å². The molecule has 0 aliphatic rings. The molecule has 0 aromatic heterocycles. The Morgan fingerprint density at radius 1 is 1.56 bits per heavy atom. The molecule has 0 saturated heterocycles. The predicted molar refractivity (Wildman–Crippen MR) is 64.6 cm³/mol. The fourth-order valence-electron chi connectivity index (χ4n) is 1.04. The highest BCUT2D eigenvalue weighted by Gasteiger charge is 2.11. The number of amides is 1. The lowest BCUT2D eigenvalue weighted by Gasteiger charge is -2.10. The first kappa shape index (κ1) is 13.4. The largest absolute Gasteiger partial charge is 0.394 e. The van der Waals surface area contributed by atoms with E-state index in [9.17, 15) is 4.79 Å². The van der Waals surface area contributed by atoms with Gasteiger partial charge in [0.2, 0.25) is 0 Å². The lowest BCUT2D eigenvalue weighted by atomic mass is 10.2. The highest BCUT2D eigenvalue weighted by molar-refractivity contribution is 9.10. The number of rotatable bonds is 4. The minimum absolute atomic E-state index is 0.00436. The predicted octanol–water partition coefficient (Wildman–Crippen LogP) is 1.19. The lowest BCUT2D eigenvalue weighted by Crippen LogP contribution is -2.34. The average molecular weight is 309 g/mol. The third-order valence-electron chi connectivity index (χ3n) is 1.88. The fourth-order valence-corrected chi connectivity index (χ4v) is 1.91. The molecule has 0 aliphatic carbocycles. The van der Waals surface area contributed by atoms with Crippen LogP contribution in [0.1, 0.15) is 10.4 Å². The van der Waals surface area contributed by atoms with Gasteiger partial charge in [0.1, 0.15) is 0 Å². The van der Waals surface area contributed by atoms with Crippen LogP contribution < -0.4 is 5.32 Å². The Morgan fingerprint density at radius 3 is 2.81 bits per heavy atom. The van der Waals surface area contributed by atoms with E-state index >= 15 is 0 Å². The Bertz CT molecular complexity index is 386. The summed E-state index contributed by atoms with van der Waals surface area (Å²) in [5.41, 5.74) is 0.425. The first-order chi connectivity index (χ1) is 7.54. The second-order valence-electron chi connectivity index (χ2n) is 3.17. The van der Waals surface area contributed by atoms with Gasteiger partial charge in [0.05, 0.1) is 18.3 Å². The molecule has 0 spiro atoms. The van der Waals surface area contributed by atoms with Crippen LogP contribution in [0.15, 0.2) is 22.7 Å². The monoisotopic (exact) mass is 307 g/mol. The zero-order chi connectivity index (χ0) is 12.1. The highest BCUT2D eigenvalue weighted by atomic mass is 79.9. The number of carbonyl (C=O) groups is 1. The van der Waals surface area contributed by atoms with Gasteiger partial charge in [-0.2, -0.15) is 0 Å². The number of hydrogen-bond donors (Lipinski definition) is 3. The van der Waals surface area contributed by atoms with E-state index in [1.165, 1.54) is 0 Å². The summed E-state index contributed by atoms with van der Waals surface area (Å²) in [4.78, 5) is 11.6. The van der Waals surface area contributed by atoms with Crippen molar-refractivity contribution < 1.29 is 15.0 Å². The Labute approximate surface area is 106 Å². The molecule has 0 saturated carbocycles. The van der Waals surface area contributed by atoms with Gasteiger partial charge in [0, 0.05) is 16.0 Å². The molecule has 1 aromatic rings. The van der Waals surface area contributed by atoms with Gasteiger partial charge in [-0.25, -0.2) is 0 Å². The van der Waals surface area contributed by atoms with Crippen LogP contribution in [-0.2, 0) is 0 Å². The standard InChI is InChI=1S/C10H11BrClNO3/c11-9-3-6(12)1-2-8(9)10(16)13-4-7(15)5-14/h1-3,7,14-15H,4-5H2,(H,13,16). The average Bonchev–Trinajstić information content (AvgIpc) is 2.25. The zero-order valence-corrected chi connectivity index (χ0v) is 10.6. The van der Waals surface area contributed by atoms with E-state index in [1.54, 1.807) is 18.2 Å². The van der Waals surface area contributed by atoms with Gasteiger partial charge in [-0.05, 0) is 34.1 Å². The van der Waals surface area contributed by atoms with Crippen LogP contribution in [0.5, 0.6) is 0 Å². The molecule has 1 amide bonds. The Balaban J connectivity index is 2.66. The van der Waals surface area contributed by atoms with Gasteiger partial charge in [0.15, 0.2) is 0 Å². The van der Waals surface area contributed by atoms with Crippen molar-refractivity contribution in [1.82, 2.24) is 5.32 Å². The topological polar surface area (TPSA) is 69.6 Å². The summed E-state index contributed by atoms with van der Waals surface area (Å²) >= 11 is 8.95. The van der Waals surface area contributed by atoms with Gasteiger partial charge < -0.3 is 15.5 Å². The van der Waals surface area contributed by atoms with Gasteiger partial charge >= 0.3 is 0 Å². The molecule has 0 bridgehead atoms. The third-order valence-corrected chi connectivity index (χ3v) is 2.78. The third kappa shape index (κ3) is 3.75. The van der Waals surface area contributed by atoms with Crippen molar-refractivity contribution in [2.24, 2.45) is 0 Å². The smallest absolute Gasteiger partial charge is 0.252 e. The molecule has 3 N–H and O–H groups in total. The lowest BCUT2D eigenvalue weighted by molar-refractivity contribution is 0.0801. The maximum absolute atomic E-state index is 11.6. The first-order valence-electron chi connectivity index (χ1n) is 4.56. The summed E-state index contributed by atoms with van der Waals surface area (Å²) in [6.45, 7) is -0.382. The maximum atomic E-state index is 11.6. The van der Waals surface area contributed by atoms with Gasteiger partial charge in [0.25, 0.3) is 5.91 Å². The molecule has 16 heavy (non-hydrogen) atoms. The number of halogens is 2. The fraction of sp³-hybridized carbons (Fsp3) is 0.300. The molecule has 0 radical (unpaired) electrons. The van der Waals surface area contributed by atoms with Crippen LogP contribution in [0.4, 0.5) is 0 Å². The molecule has 6 heteroatoms. The summed E-state index contributed by atoms with van der Waals surface area (Å²) in [5.74, 6) is -0.337. The number of aliphatic hydroxyl groups is 2. The highest BCUT2D eigenvalue weighted by Crippen LogP contribution is 2.21. The second kappa shape index (κ2) is 6.20. The summed E-state index contributed by atoms with van der Waals surface area (Å²) in [7, 11) is 0. The molecule has 4 nitrogen and oxygen atoms in total. The van der Waals surface area contributed by atoms with Crippen LogP contribution in [0.2, 0.25) is 5.02 Å². The number of aliphatic hydroxyl groups excluding tert-OH is 2. The van der Waals surface area contributed by atoms with E-state index in [4.69, 9.17) is 21.8 Å². The van der Waals surface area contributed by atoms with Crippen LogP contribution in [-0.4, -0.2) is 35.4 Å². The molecule has 88 valence electrons. The van der Waals surface area contributed by atoms with Crippen molar-refractivity contribution in [2.45, 2.75) is 6.10 Å². The number of hydrogen-bond acceptors (Lipinski definition) is 3. The normalized spacial score (nSPS) is 12.2. The van der Waals surface area contributed by atoms with E-state index in [1.807, 2.05) is 0 Å². The zero-order valence-electron chi connectivity index (χ0n) is 8.28. The van der Waals surface area contributed by atoms with Crippen LogP contribution in [0.25, 0.3) is 0 Å². The molecular weight excluding hydrogens is 297 g/mol. The quantitative estimate of drug-likeness (QED) is 0.782. The molecule has 1 atom stereocenters. The first-order valence-corrected chi connectivity index (χ1v) is 5.74. The van der Waals surface area contributed by atoms with Crippen molar-refractivity contribution in [3.05, 3.63) is 33.3 Å².